The Bertz CT molecular complexity index is 133. The van der Waals surface area contributed by atoms with E-state index in [1.165, 1.54) is 44.9 Å². The van der Waals surface area contributed by atoms with Gasteiger partial charge in [0.25, 0.3) is 0 Å². The predicted octanol–water partition coefficient (Wildman–Crippen LogP) is 1.04. The van der Waals surface area contributed by atoms with Crippen molar-refractivity contribution in [3.05, 3.63) is 0 Å². The van der Waals surface area contributed by atoms with Crippen molar-refractivity contribution >= 4 is 0 Å². The normalized spacial score (nSPS) is 22.7. The highest BCUT2D eigenvalue weighted by molar-refractivity contribution is 4.71. The van der Waals surface area contributed by atoms with Crippen LogP contribution >= 0.6 is 0 Å². The van der Waals surface area contributed by atoms with Crippen LogP contribution in [0.25, 0.3) is 0 Å². The molecule has 84 valence electrons. The van der Waals surface area contributed by atoms with Gasteiger partial charge in [0.15, 0.2) is 0 Å². The number of rotatable bonds is 4. The molecule has 1 rings (SSSR count). The fourth-order valence-corrected chi connectivity index (χ4v) is 2.03. The van der Waals surface area contributed by atoms with Crippen LogP contribution in [0.5, 0.6) is 0 Å². The Morgan fingerprint density at radius 2 is 1.64 bits per heavy atom. The van der Waals surface area contributed by atoms with Gasteiger partial charge in [-0.2, -0.15) is 0 Å². The third-order valence-electron chi connectivity index (χ3n) is 2.96. The van der Waals surface area contributed by atoms with Crippen molar-refractivity contribution in [1.82, 2.24) is 5.32 Å². The van der Waals surface area contributed by atoms with Gasteiger partial charge in [0.05, 0.1) is 12.7 Å². The van der Waals surface area contributed by atoms with E-state index in [9.17, 15) is 5.11 Å². The van der Waals surface area contributed by atoms with Crippen LogP contribution in [0.2, 0.25) is 0 Å². The van der Waals surface area contributed by atoms with Gasteiger partial charge < -0.3 is 15.5 Å². The minimum absolute atomic E-state index is 0.139. The average Bonchev–Trinajstić information content (AvgIpc) is 2.15. The highest BCUT2D eigenvalue weighted by Gasteiger charge is 2.11. The molecule has 0 unspecified atom stereocenters. The van der Waals surface area contributed by atoms with Crippen LogP contribution in [0.3, 0.4) is 0 Å². The highest BCUT2D eigenvalue weighted by Crippen LogP contribution is 2.16. The Morgan fingerprint density at radius 3 is 2.21 bits per heavy atom. The Balaban J connectivity index is 2.13. The third-order valence-corrected chi connectivity index (χ3v) is 2.96. The van der Waals surface area contributed by atoms with Crippen molar-refractivity contribution in [3.63, 3.8) is 0 Å². The molecule has 0 heterocycles. The van der Waals surface area contributed by atoms with E-state index in [0.717, 1.165) is 0 Å². The Kier molecular flexibility index (Phi) is 6.15. The Labute approximate surface area is 86.5 Å². The molecule has 1 aliphatic carbocycles. The number of aliphatic hydroxyl groups excluding tert-OH is 2. The molecule has 1 fully saturated rings. The molecule has 1 aliphatic rings. The van der Waals surface area contributed by atoms with Crippen LogP contribution < -0.4 is 5.32 Å². The minimum Gasteiger partial charge on any atom is -0.394 e. The SMILES string of the molecule is OC[C@@H](O)CNC1CCCCCCC1. The summed E-state index contributed by atoms with van der Waals surface area (Å²) in [7, 11) is 0. The molecule has 3 heteroatoms. The summed E-state index contributed by atoms with van der Waals surface area (Å²) in [6.45, 7) is 0.390. The monoisotopic (exact) mass is 201 g/mol. The summed E-state index contributed by atoms with van der Waals surface area (Å²) >= 11 is 0. The van der Waals surface area contributed by atoms with E-state index in [4.69, 9.17) is 5.11 Å². The maximum absolute atomic E-state index is 9.20. The van der Waals surface area contributed by atoms with Crippen molar-refractivity contribution in [2.24, 2.45) is 0 Å². The first kappa shape index (κ1) is 12.0. The van der Waals surface area contributed by atoms with E-state index in [1.54, 1.807) is 0 Å². The van der Waals surface area contributed by atoms with Crippen LogP contribution in [0.4, 0.5) is 0 Å². The highest BCUT2D eigenvalue weighted by atomic mass is 16.3. The summed E-state index contributed by atoms with van der Waals surface area (Å²) < 4.78 is 0. The van der Waals surface area contributed by atoms with Crippen molar-refractivity contribution in [2.45, 2.75) is 57.1 Å². The molecule has 0 aromatic heterocycles. The van der Waals surface area contributed by atoms with E-state index in [-0.39, 0.29) is 6.61 Å². The van der Waals surface area contributed by atoms with E-state index in [2.05, 4.69) is 5.32 Å². The second-order valence-corrected chi connectivity index (χ2v) is 4.29. The van der Waals surface area contributed by atoms with Crippen molar-refractivity contribution < 1.29 is 10.2 Å². The lowest BCUT2D eigenvalue weighted by molar-refractivity contribution is 0.0908. The summed E-state index contributed by atoms with van der Waals surface area (Å²) in [6, 6.07) is 0.552. The maximum Gasteiger partial charge on any atom is 0.0895 e. The molecule has 0 aliphatic heterocycles. The number of hydrogen-bond donors (Lipinski definition) is 3. The molecule has 3 N–H and O–H groups in total. The first-order valence-corrected chi connectivity index (χ1v) is 5.85. The smallest absolute Gasteiger partial charge is 0.0895 e. The zero-order valence-corrected chi connectivity index (χ0v) is 8.91. The average molecular weight is 201 g/mol. The number of hydrogen-bond acceptors (Lipinski definition) is 3. The fourth-order valence-electron chi connectivity index (χ4n) is 2.03. The number of nitrogens with one attached hydrogen (secondary N) is 1. The molecule has 0 bridgehead atoms. The van der Waals surface area contributed by atoms with Gasteiger partial charge in [0, 0.05) is 12.6 Å². The summed E-state index contributed by atoms with van der Waals surface area (Å²) in [4.78, 5) is 0. The quantitative estimate of drug-likeness (QED) is 0.637. The first-order valence-electron chi connectivity index (χ1n) is 5.85. The van der Waals surface area contributed by atoms with Gasteiger partial charge in [-0.05, 0) is 12.8 Å². The lowest BCUT2D eigenvalue weighted by Crippen LogP contribution is -2.37. The zero-order valence-electron chi connectivity index (χ0n) is 8.91. The molecule has 0 radical (unpaired) electrons. The molecule has 0 saturated heterocycles. The molecule has 3 nitrogen and oxygen atoms in total. The molecular formula is C11H23NO2. The summed E-state index contributed by atoms with van der Waals surface area (Å²) in [5.41, 5.74) is 0. The second-order valence-electron chi connectivity index (χ2n) is 4.29. The van der Waals surface area contributed by atoms with Crippen molar-refractivity contribution in [1.29, 1.82) is 0 Å². The van der Waals surface area contributed by atoms with Gasteiger partial charge in [-0.25, -0.2) is 0 Å². The van der Waals surface area contributed by atoms with Crippen LogP contribution in [0.1, 0.15) is 44.9 Å². The van der Waals surface area contributed by atoms with Crippen molar-refractivity contribution in [2.75, 3.05) is 13.2 Å². The molecular weight excluding hydrogens is 178 g/mol. The van der Waals surface area contributed by atoms with E-state index < -0.39 is 6.10 Å². The first-order chi connectivity index (χ1) is 6.83. The maximum atomic E-state index is 9.20. The van der Waals surface area contributed by atoms with Crippen LogP contribution in [-0.2, 0) is 0 Å². The molecule has 0 amide bonds. The van der Waals surface area contributed by atoms with E-state index >= 15 is 0 Å². The lowest BCUT2D eigenvalue weighted by Gasteiger charge is -2.22. The lowest BCUT2D eigenvalue weighted by atomic mass is 9.97. The molecule has 0 spiro atoms. The zero-order chi connectivity index (χ0) is 10.2. The van der Waals surface area contributed by atoms with Crippen molar-refractivity contribution in [3.8, 4) is 0 Å². The van der Waals surface area contributed by atoms with Gasteiger partial charge in [-0.3, -0.25) is 0 Å². The summed E-state index contributed by atoms with van der Waals surface area (Å²) in [6.07, 6.45) is 8.52. The fraction of sp³-hybridized carbons (Fsp3) is 1.00. The Morgan fingerprint density at radius 1 is 1.07 bits per heavy atom. The predicted molar refractivity (Wildman–Crippen MR) is 57.2 cm³/mol. The summed E-state index contributed by atoms with van der Waals surface area (Å²) in [5.74, 6) is 0. The third kappa shape index (κ3) is 4.94. The minimum atomic E-state index is -0.597. The molecule has 1 atom stereocenters. The summed E-state index contributed by atoms with van der Waals surface area (Å²) in [5, 5.41) is 21.2. The van der Waals surface area contributed by atoms with Crippen LogP contribution in [-0.4, -0.2) is 35.5 Å². The van der Waals surface area contributed by atoms with Gasteiger partial charge in [-0.15, -0.1) is 0 Å². The molecule has 0 aromatic carbocycles. The molecule has 14 heavy (non-hydrogen) atoms. The van der Waals surface area contributed by atoms with Gasteiger partial charge in [0.1, 0.15) is 0 Å². The van der Waals surface area contributed by atoms with Gasteiger partial charge >= 0.3 is 0 Å². The Hall–Kier alpha value is -0.120. The van der Waals surface area contributed by atoms with E-state index in [1.807, 2.05) is 0 Å². The largest absolute Gasteiger partial charge is 0.394 e. The van der Waals surface area contributed by atoms with Gasteiger partial charge in [-0.1, -0.05) is 32.1 Å². The topological polar surface area (TPSA) is 52.5 Å². The number of aliphatic hydroxyl groups is 2. The van der Waals surface area contributed by atoms with Gasteiger partial charge in [0.2, 0.25) is 0 Å². The second kappa shape index (κ2) is 7.21. The van der Waals surface area contributed by atoms with Crippen LogP contribution in [0, 0.1) is 0 Å². The van der Waals surface area contributed by atoms with Crippen LogP contribution in [0.15, 0.2) is 0 Å². The standard InChI is InChI=1S/C11H23NO2/c13-9-11(14)8-12-10-6-4-2-1-3-5-7-10/h10-14H,1-9H2/t11-/m0/s1. The molecule has 1 saturated carbocycles. The van der Waals surface area contributed by atoms with E-state index in [0.29, 0.717) is 12.6 Å². The molecule has 0 aromatic rings.